The van der Waals surface area contributed by atoms with Crippen LogP contribution >= 0.6 is 11.3 Å². The van der Waals surface area contributed by atoms with Crippen molar-refractivity contribution in [2.75, 3.05) is 18.0 Å². The summed E-state index contributed by atoms with van der Waals surface area (Å²) in [5, 5.41) is 2.14. The number of aromatic nitrogens is 2. The van der Waals surface area contributed by atoms with Gasteiger partial charge in [-0.15, -0.1) is 11.3 Å². The first-order chi connectivity index (χ1) is 8.83. The lowest BCUT2D eigenvalue weighted by Gasteiger charge is -2.27. The molecule has 3 rings (SSSR count). The number of nitrogens with zero attached hydrogens (tertiary/aromatic N) is 3. The molecule has 18 heavy (non-hydrogen) atoms. The maximum atomic E-state index is 4.34. The Labute approximate surface area is 111 Å². The lowest BCUT2D eigenvalue weighted by molar-refractivity contribution is 0.812. The highest BCUT2D eigenvalue weighted by molar-refractivity contribution is 7.11. The number of anilines is 1. The zero-order valence-corrected chi connectivity index (χ0v) is 11.2. The highest BCUT2D eigenvalue weighted by atomic mass is 32.1. The molecule has 92 valence electrons. The van der Waals surface area contributed by atoms with Gasteiger partial charge in [0.25, 0.3) is 0 Å². The van der Waals surface area contributed by atoms with Gasteiger partial charge in [0, 0.05) is 29.7 Å². The van der Waals surface area contributed by atoms with E-state index < -0.39 is 0 Å². The topological polar surface area (TPSA) is 29.0 Å². The van der Waals surface area contributed by atoms with Gasteiger partial charge in [-0.1, -0.05) is 12.1 Å². The summed E-state index contributed by atoms with van der Waals surface area (Å²) in [7, 11) is 0. The second-order valence-corrected chi connectivity index (χ2v) is 5.37. The van der Waals surface area contributed by atoms with Crippen molar-refractivity contribution in [3.05, 3.63) is 46.6 Å². The number of hydrogen-bond donors (Lipinski definition) is 0. The summed E-state index contributed by atoms with van der Waals surface area (Å²) >= 11 is 1.82. The molecule has 0 N–H and O–H groups in total. The second kappa shape index (κ2) is 4.90. The molecule has 0 aliphatic carbocycles. The van der Waals surface area contributed by atoms with Gasteiger partial charge >= 0.3 is 0 Å². The van der Waals surface area contributed by atoms with Crippen LogP contribution in [0, 0.1) is 6.92 Å². The summed E-state index contributed by atoms with van der Waals surface area (Å²) in [6.07, 6.45) is 5.04. The van der Waals surface area contributed by atoms with Crippen molar-refractivity contribution < 1.29 is 0 Å². The predicted octanol–water partition coefficient (Wildman–Crippen LogP) is 3.14. The molecule has 0 spiro atoms. The molecule has 0 radical (unpaired) electrons. The third-order valence-corrected chi connectivity index (χ3v) is 4.11. The number of rotatable bonds is 2. The molecule has 2 aromatic rings. The van der Waals surface area contributed by atoms with E-state index in [0.29, 0.717) is 0 Å². The van der Waals surface area contributed by atoms with Crippen molar-refractivity contribution in [1.29, 1.82) is 0 Å². The molecule has 0 fully saturated rings. The molecule has 2 aromatic heterocycles. The van der Waals surface area contributed by atoms with Crippen molar-refractivity contribution in [2.45, 2.75) is 13.3 Å². The molecule has 0 atom stereocenters. The predicted molar refractivity (Wildman–Crippen MR) is 75.9 cm³/mol. The standard InChI is InChI=1S/C14H15N3S/c1-11-9-14(16-10-15-11)17-6-4-12(5-7-17)13-3-2-8-18-13/h2-4,8-10H,5-7H2,1H3. The molecular formula is C14H15N3S. The lowest BCUT2D eigenvalue weighted by Crippen LogP contribution is -2.29. The van der Waals surface area contributed by atoms with E-state index in [1.165, 1.54) is 10.5 Å². The quantitative estimate of drug-likeness (QED) is 0.827. The Morgan fingerprint density at radius 1 is 1.33 bits per heavy atom. The molecule has 0 aromatic carbocycles. The SMILES string of the molecule is Cc1cc(N2CC=C(c3cccs3)CC2)ncn1. The van der Waals surface area contributed by atoms with Crippen molar-refractivity contribution in [2.24, 2.45) is 0 Å². The average molecular weight is 257 g/mol. The average Bonchev–Trinajstić information content (AvgIpc) is 2.93. The Bertz CT molecular complexity index is 560. The van der Waals surface area contributed by atoms with Crippen molar-refractivity contribution >= 4 is 22.7 Å². The van der Waals surface area contributed by atoms with E-state index in [2.05, 4.69) is 38.5 Å². The van der Waals surface area contributed by atoms with Gasteiger partial charge in [-0.25, -0.2) is 9.97 Å². The summed E-state index contributed by atoms with van der Waals surface area (Å²) in [5.41, 5.74) is 2.49. The van der Waals surface area contributed by atoms with Gasteiger partial charge in [-0.3, -0.25) is 0 Å². The number of hydrogen-bond acceptors (Lipinski definition) is 4. The van der Waals surface area contributed by atoms with Crippen LogP contribution in [0.4, 0.5) is 5.82 Å². The molecule has 0 unspecified atom stereocenters. The minimum atomic E-state index is 0.934. The first-order valence-electron chi connectivity index (χ1n) is 6.09. The molecule has 0 saturated carbocycles. The first-order valence-corrected chi connectivity index (χ1v) is 6.97. The van der Waals surface area contributed by atoms with Crippen molar-refractivity contribution in [1.82, 2.24) is 9.97 Å². The van der Waals surface area contributed by atoms with Gasteiger partial charge in [0.15, 0.2) is 0 Å². The fourth-order valence-electron chi connectivity index (χ4n) is 2.18. The second-order valence-electron chi connectivity index (χ2n) is 4.42. The van der Waals surface area contributed by atoms with Crippen LogP contribution in [-0.4, -0.2) is 23.1 Å². The van der Waals surface area contributed by atoms with E-state index in [4.69, 9.17) is 0 Å². The minimum absolute atomic E-state index is 0.934. The summed E-state index contributed by atoms with van der Waals surface area (Å²) in [4.78, 5) is 12.2. The van der Waals surface area contributed by atoms with Gasteiger partial charge in [0.2, 0.25) is 0 Å². The van der Waals surface area contributed by atoms with Crippen LogP contribution in [0.3, 0.4) is 0 Å². The highest BCUT2D eigenvalue weighted by Crippen LogP contribution is 2.27. The maximum Gasteiger partial charge on any atom is 0.132 e. The fourth-order valence-corrected chi connectivity index (χ4v) is 2.97. The van der Waals surface area contributed by atoms with Gasteiger partial charge in [-0.05, 0) is 30.4 Å². The molecule has 4 heteroatoms. The van der Waals surface area contributed by atoms with Gasteiger partial charge in [0.05, 0.1) is 0 Å². The molecule has 0 saturated heterocycles. The van der Waals surface area contributed by atoms with Crippen molar-refractivity contribution in [3.63, 3.8) is 0 Å². The third kappa shape index (κ3) is 2.29. The largest absolute Gasteiger partial charge is 0.352 e. The van der Waals surface area contributed by atoms with E-state index >= 15 is 0 Å². The van der Waals surface area contributed by atoms with E-state index in [1.807, 2.05) is 24.3 Å². The smallest absolute Gasteiger partial charge is 0.132 e. The Morgan fingerprint density at radius 2 is 2.28 bits per heavy atom. The Kier molecular flexibility index (Phi) is 3.11. The van der Waals surface area contributed by atoms with Crippen LogP contribution in [0.15, 0.2) is 36.0 Å². The molecule has 3 nitrogen and oxygen atoms in total. The van der Waals surface area contributed by atoms with Crippen LogP contribution in [0.5, 0.6) is 0 Å². The summed E-state index contributed by atoms with van der Waals surface area (Å²) in [6, 6.07) is 6.35. The van der Waals surface area contributed by atoms with E-state index in [-0.39, 0.29) is 0 Å². The maximum absolute atomic E-state index is 4.34. The number of thiophene rings is 1. The zero-order chi connectivity index (χ0) is 12.4. The number of aryl methyl sites for hydroxylation is 1. The van der Waals surface area contributed by atoms with Gasteiger partial charge < -0.3 is 4.90 Å². The molecular weight excluding hydrogens is 242 g/mol. The van der Waals surface area contributed by atoms with Crippen molar-refractivity contribution in [3.8, 4) is 0 Å². The molecule has 0 bridgehead atoms. The molecule has 1 aliphatic heterocycles. The summed E-state index contributed by atoms with van der Waals surface area (Å²) < 4.78 is 0. The summed E-state index contributed by atoms with van der Waals surface area (Å²) in [5.74, 6) is 1.03. The first kappa shape index (κ1) is 11.4. The van der Waals surface area contributed by atoms with Crippen LogP contribution < -0.4 is 4.90 Å². The zero-order valence-electron chi connectivity index (χ0n) is 10.3. The molecule has 3 heterocycles. The van der Waals surface area contributed by atoms with Gasteiger partial charge in [-0.2, -0.15) is 0 Å². The fraction of sp³-hybridized carbons (Fsp3) is 0.286. The van der Waals surface area contributed by atoms with Crippen LogP contribution in [-0.2, 0) is 0 Å². The third-order valence-electron chi connectivity index (χ3n) is 3.16. The summed E-state index contributed by atoms with van der Waals surface area (Å²) in [6.45, 7) is 3.96. The van der Waals surface area contributed by atoms with E-state index in [9.17, 15) is 0 Å². The monoisotopic (exact) mass is 257 g/mol. The Morgan fingerprint density at radius 3 is 2.94 bits per heavy atom. The Balaban J connectivity index is 1.77. The van der Waals surface area contributed by atoms with Gasteiger partial charge in [0.1, 0.15) is 12.1 Å². The van der Waals surface area contributed by atoms with Crippen LogP contribution in [0.2, 0.25) is 0 Å². The highest BCUT2D eigenvalue weighted by Gasteiger charge is 2.14. The molecule has 0 amide bonds. The lowest BCUT2D eigenvalue weighted by atomic mass is 10.1. The van der Waals surface area contributed by atoms with E-state index in [0.717, 1.165) is 31.0 Å². The minimum Gasteiger partial charge on any atom is -0.352 e. The van der Waals surface area contributed by atoms with Crippen LogP contribution in [0.1, 0.15) is 17.0 Å². The molecule has 1 aliphatic rings. The van der Waals surface area contributed by atoms with E-state index in [1.54, 1.807) is 6.33 Å². The normalized spacial score (nSPS) is 15.6. The Hall–Kier alpha value is -1.68. The van der Waals surface area contributed by atoms with Crippen LogP contribution in [0.25, 0.3) is 5.57 Å².